The maximum atomic E-state index is 12.6. The van der Waals surface area contributed by atoms with Crippen LogP contribution in [0.15, 0.2) is 10.7 Å². The van der Waals surface area contributed by atoms with E-state index in [-0.39, 0.29) is 24.1 Å². The van der Waals surface area contributed by atoms with Crippen LogP contribution in [0.25, 0.3) is 0 Å². The first-order chi connectivity index (χ1) is 9.00. The van der Waals surface area contributed by atoms with Crippen molar-refractivity contribution in [1.29, 1.82) is 0 Å². The van der Waals surface area contributed by atoms with Gasteiger partial charge >= 0.3 is 5.97 Å². The van der Waals surface area contributed by atoms with Crippen molar-refractivity contribution in [2.24, 2.45) is 0 Å². The summed E-state index contributed by atoms with van der Waals surface area (Å²) in [5.74, 6) is -0.836. The molecule has 1 aromatic rings. The average molecular weight is 265 g/mol. The lowest BCUT2D eigenvalue weighted by Crippen LogP contribution is -2.42. The zero-order valence-corrected chi connectivity index (χ0v) is 11.3. The molecule has 1 N–H and O–H groups in total. The number of rotatable bonds is 3. The van der Waals surface area contributed by atoms with Crippen LogP contribution in [0.5, 0.6) is 0 Å². The maximum absolute atomic E-state index is 12.6. The molecule has 0 aromatic carbocycles. The van der Waals surface area contributed by atoms with Crippen molar-refractivity contribution in [2.45, 2.75) is 45.6 Å². The van der Waals surface area contributed by atoms with E-state index in [1.54, 1.807) is 6.92 Å². The maximum Gasteiger partial charge on any atom is 0.311 e. The van der Waals surface area contributed by atoms with E-state index in [0.29, 0.717) is 11.1 Å². The third-order valence-corrected chi connectivity index (χ3v) is 3.64. The van der Waals surface area contributed by atoms with Gasteiger partial charge in [0, 0.05) is 18.2 Å². The molecule has 1 aliphatic rings. The molecular weight excluding hydrogens is 246 g/mol. The Morgan fingerprint density at radius 3 is 2.84 bits per heavy atom. The number of furan rings is 1. The monoisotopic (exact) mass is 265 g/mol. The second-order valence-electron chi connectivity index (χ2n) is 5.13. The third-order valence-electron chi connectivity index (χ3n) is 3.64. The molecular formula is C14H19NO4. The zero-order valence-electron chi connectivity index (χ0n) is 11.3. The number of amides is 1. The minimum absolute atomic E-state index is 0.102. The molecule has 5 heteroatoms. The number of hydrogen-bond acceptors (Lipinski definition) is 3. The van der Waals surface area contributed by atoms with Gasteiger partial charge in [0.25, 0.3) is 5.91 Å². The van der Waals surface area contributed by atoms with E-state index < -0.39 is 5.97 Å². The van der Waals surface area contributed by atoms with Crippen LogP contribution >= 0.6 is 0 Å². The molecule has 1 saturated heterocycles. The van der Waals surface area contributed by atoms with E-state index in [1.165, 1.54) is 6.26 Å². The summed E-state index contributed by atoms with van der Waals surface area (Å²) in [6.45, 7) is 4.54. The Hall–Kier alpha value is -1.78. The lowest BCUT2D eigenvalue weighted by atomic mass is 10.0. The average Bonchev–Trinajstić information content (AvgIpc) is 2.69. The smallest absolute Gasteiger partial charge is 0.311 e. The Morgan fingerprint density at radius 2 is 2.21 bits per heavy atom. The number of aliphatic carboxylic acids is 1. The minimum Gasteiger partial charge on any atom is -0.481 e. The Bertz CT molecular complexity index is 492. The first kappa shape index (κ1) is 13.6. The van der Waals surface area contributed by atoms with Gasteiger partial charge in [-0.2, -0.15) is 0 Å². The first-order valence-corrected chi connectivity index (χ1v) is 6.60. The summed E-state index contributed by atoms with van der Waals surface area (Å²) < 4.78 is 5.23. The number of piperidine rings is 1. The fraction of sp³-hybridized carbons (Fsp3) is 0.571. The lowest BCUT2D eigenvalue weighted by molar-refractivity contribution is -0.136. The van der Waals surface area contributed by atoms with Crippen molar-refractivity contribution in [3.8, 4) is 0 Å². The molecule has 0 aliphatic carbocycles. The van der Waals surface area contributed by atoms with Crippen LogP contribution in [0, 0.1) is 6.92 Å². The number of carbonyl (C=O) groups is 2. The van der Waals surface area contributed by atoms with Gasteiger partial charge in [0.05, 0.1) is 11.8 Å². The van der Waals surface area contributed by atoms with Gasteiger partial charge < -0.3 is 14.4 Å². The normalized spacial score (nSPS) is 19.5. The number of likely N-dealkylation sites (tertiary alicyclic amines) is 1. The molecule has 0 saturated carbocycles. The van der Waals surface area contributed by atoms with Crippen LogP contribution in [0.1, 0.15) is 47.9 Å². The van der Waals surface area contributed by atoms with Crippen LogP contribution in [0.3, 0.4) is 0 Å². The van der Waals surface area contributed by atoms with E-state index in [1.807, 2.05) is 11.8 Å². The van der Waals surface area contributed by atoms with E-state index in [4.69, 9.17) is 9.52 Å². The van der Waals surface area contributed by atoms with E-state index in [9.17, 15) is 9.59 Å². The molecule has 19 heavy (non-hydrogen) atoms. The molecule has 1 unspecified atom stereocenters. The van der Waals surface area contributed by atoms with Gasteiger partial charge in [0.2, 0.25) is 0 Å². The summed E-state index contributed by atoms with van der Waals surface area (Å²) in [7, 11) is 0. The molecule has 0 radical (unpaired) electrons. The zero-order chi connectivity index (χ0) is 14.0. The fourth-order valence-corrected chi connectivity index (χ4v) is 2.60. The van der Waals surface area contributed by atoms with Gasteiger partial charge in [-0.15, -0.1) is 0 Å². The Morgan fingerprint density at radius 1 is 1.47 bits per heavy atom. The van der Waals surface area contributed by atoms with Crippen LogP contribution in [0.2, 0.25) is 0 Å². The fourth-order valence-electron chi connectivity index (χ4n) is 2.60. The second kappa shape index (κ2) is 5.47. The van der Waals surface area contributed by atoms with Crippen molar-refractivity contribution >= 4 is 11.9 Å². The predicted molar refractivity (Wildman–Crippen MR) is 69.1 cm³/mol. The van der Waals surface area contributed by atoms with E-state index >= 15 is 0 Å². The summed E-state index contributed by atoms with van der Waals surface area (Å²) >= 11 is 0. The molecule has 1 aliphatic heterocycles. The molecule has 0 spiro atoms. The molecule has 1 atom stereocenters. The SMILES string of the molecule is Cc1coc(CC(=O)O)c1C(=O)N1CCCCC1C. The lowest BCUT2D eigenvalue weighted by Gasteiger charge is -2.33. The summed E-state index contributed by atoms with van der Waals surface area (Å²) in [5, 5.41) is 8.86. The first-order valence-electron chi connectivity index (χ1n) is 6.60. The van der Waals surface area contributed by atoms with Gasteiger partial charge in [0.1, 0.15) is 12.2 Å². The molecule has 5 nitrogen and oxygen atoms in total. The predicted octanol–water partition coefficient (Wildman–Crippen LogP) is 2.23. The summed E-state index contributed by atoms with van der Waals surface area (Å²) in [5.41, 5.74) is 1.13. The molecule has 2 heterocycles. The number of nitrogens with zero attached hydrogens (tertiary/aromatic N) is 1. The topological polar surface area (TPSA) is 70.7 Å². The summed E-state index contributed by atoms with van der Waals surface area (Å²) in [4.78, 5) is 25.2. The highest BCUT2D eigenvalue weighted by molar-refractivity contribution is 5.97. The van der Waals surface area contributed by atoms with Gasteiger partial charge in [-0.25, -0.2) is 0 Å². The van der Waals surface area contributed by atoms with Crippen molar-refractivity contribution < 1.29 is 19.1 Å². The van der Waals surface area contributed by atoms with Crippen molar-refractivity contribution in [1.82, 2.24) is 4.90 Å². The van der Waals surface area contributed by atoms with Gasteiger partial charge in [-0.05, 0) is 33.1 Å². The number of carboxylic acid groups (broad SMARTS) is 1. The Labute approximate surface area is 112 Å². The highest BCUT2D eigenvalue weighted by Gasteiger charge is 2.29. The third kappa shape index (κ3) is 2.80. The molecule has 104 valence electrons. The van der Waals surface area contributed by atoms with E-state index in [2.05, 4.69) is 0 Å². The van der Waals surface area contributed by atoms with Gasteiger partial charge in [-0.3, -0.25) is 9.59 Å². The molecule has 1 amide bonds. The number of carboxylic acids is 1. The molecule has 0 bridgehead atoms. The molecule has 2 rings (SSSR count). The quantitative estimate of drug-likeness (QED) is 0.909. The van der Waals surface area contributed by atoms with Gasteiger partial charge in [-0.1, -0.05) is 0 Å². The summed E-state index contributed by atoms with van der Waals surface area (Å²) in [6, 6.07) is 0.202. The highest BCUT2D eigenvalue weighted by atomic mass is 16.4. The second-order valence-corrected chi connectivity index (χ2v) is 5.13. The molecule has 1 fully saturated rings. The number of hydrogen-bond donors (Lipinski definition) is 1. The van der Waals surface area contributed by atoms with Crippen molar-refractivity contribution in [3.63, 3.8) is 0 Å². The number of aryl methyl sites for hydroxylation is 1. The van der Waals surface area contributed by atoms with Crippen LogP contribution < -0.4 is 0 Å². The summed E-state index contributed by atoms with van der Waals surface area (Å²) in [6.07, 6.45) is 4.34. The largest absolute Gasteiger partial charge is 0.481 e. The van der Waals surface area contributed by atoms with E-state index in [0.717, 1.165) is 25.8 Å². The van der Waals surface area contributed by atoms with Crippen molar-refractivity contribution in [2.75, 3.05) is 6.54 Å². The van der Waals surface area contributed by atoms with Crippen LogP contribution in [0.4, 0.5) is 0 Å². The van der Waals surface area contributed by atoms with Crippen LogP contribution in [-0.2, 0) is 11.2 Å². The van der Waals surface area contributed by atoms with Crippen LogP contribution in [-0.4, -0.2) is 34.5 Å². The van der Waals surface area contributed by atoms with Crippen molar-refractivity contribution in [3.05, 3.63) is 23.2 Å². The number of carbonyl (C=O) groups excluding carboxylic acids is 1. The minimum atomic E-state index is -0.991. The van der Waals surface area contributed by atoms with Gasteiger partial charge in [0.15, 0.2) is 0 Å². The standard InChI is InChI=1S/C14H19NO4/c1-9-8-19-11(7-12(16)17)13(9)14(18)15-6-4-3-5-10(15)2/h8,10H,3-7H2,1-2H3,(H,16,17). The molecule has 1 aromatic heterocycles. The Balaban J connectivity index is 2.27. The highest BCUT2D eigenvalue weighted by Crippen LogP contribution is 2.24. The Kier molecular flexibility index (Phi) is 3.93.